The van der Waals surface area contributed by atoms with E-state index in [0.29, 0.717) is 12.8 Å². The third kappa shape index (κ3) is 2.60. The van der Waals surface area contributed by atoms with E-state index in [0.717, 1.165) is 12.8 Å². The molecule has 1 aromatic rings. The van der Waals surface area contributed by atoms with Crippen molar-refractivity contribution in [3.8, 4) is 12.1 Å². The Balaban J connectivity index is 2.39. The van der Waals surface area contributed by atoms with Crippen molar-refractivity contribution < 1.29 is 8.42 Å². The quantitative estimate of drug-likeness (QED) is 0.907. The number of rotatable bonds is 3. The summed E-state index contributed by atoms with van der Waals surface area (Å²) in [5.41, 5.74) is -0.942. The molecule has 0 aliphatic heterocycles. The van der Waals surface area contributed by atoms with Crippen molar-refractivity contribution in [3.05, 3.63) is 29.8 Å². The number of nitrogens with one attached hydrogen (secondary N) is 1. The summed E-state index contributed by atoms with van der Waals surface area (Å²) in [6.45, 7) is 0. The van der Waals surface area contributed by atoms with E-state index in [4.69, 9.17) is 5.26 Å². The lowest BCUT2D eigenvalue weighted by Crippen LogP contribution is -2.45. The van der Waals surface area contributed by atoms with Gasteiger partial charge in [0.25, 0.3) is 0 Å². The SMILES string of the molecule is N#Cc1ccccc1S(=O)(=O)NC1(C#N)CCCC1. The van der Waals surface area contributed by atoms with Crippen LogP contribution in [0.5, 0.6) is 0 Å². The highest BCUT2D eigenvalue weighted by Crippen LogP contribution is 2.31. The van der Waals surface area contributed by atoms with Crippen LogP contribution in [-0.4, -0.2) is 14.0 Å². The van der Waals surface area contributed by atoms with Crippen molar-refractivity contribution in [1.82, 2.24) is 4.72 Å². The van der Waals surface area contributed by atoms with Crippen LogP contribution in [0.1, 0.15) is 31.2 Å². The summed E-state index contributed by atoms with van der Waals surface area (Å²) in [5.74, 6) is 0. The zero-order chi connectivity index (χ0) is 13.9. The normalized spacial score (nSPS) is 17.6. The van der Waals surface area contributed by atoms with Gasteiger partial charge in [0.2, 0.25) is 10.0 Å². The molecule has 1 fully saturated rings. The molecule has 1 saturated carbocycles. The molecule has 0 saturated heterocycles. The minimum absolute atomic E-state index is 0.0703. The molecule has 0 unspecified atom stereocenters. The largest absolute Gasteiger partial charge is 0.243 e. The van der Waals surface area contributed by atoms with E-state index in [9.17, 15) is 13.7 Å². The van der Waals surface area contributed by atoms with E-state index in [1.807, 2.05) is 6.07 Å². The summed E-state index contributed by atoms with van der Waals surface area (Å²) in [4.78, 5) is -0.0703. The molecule has 0 atom stereocenters. The van der Waals surface area contributed by atoms with E-state index in [2.05, 4.69) is 10.8 Å². The van der Waals surface area contributed by atoms with Gasteiger partial charge in [0.1, 0.15) is 11.6 Å². The molecule has 0 spiro atoms. The summed E-state index contributed by atoms with van der Waals surface area (Å²) in [5, 5.41) is 18.2. The van der Waals surface area contributed by atoms with Gasteiger partial charge in [0.15, 0.2) is 0 Å². The minimum atomic E-state index is -3.85. The van der Waals surface area contributed by atoms with Gasteiger partial charge in [-0.25, -0.2) is 8.42 Å². The lowest BCUT2D eigenvalue weighted by atomic mass is 10.0. The smallest absolute Gasteiger partial charge is 0.207 e. The molecule has 0 bridgehead atoms. The second kappa shape index (κ2) is 5.00. The molecule has 0 amide bonds. The average molecular weight is 275 g/mol. The number of sulfonamides is 1. The Labute approximate surface area is 112 Å². The first-order valence-corrected chi connectivity index (χ1v) is 7.46. The van der Waals surface area contributed by atoms with Crippen molar-refractivity contribution in [3.63, 3.8) is 0 Å². The second-order valence-corrected chi connectivity index (χ2v) is 6.27. The number of hydrogen-bond donors (Lipinski definition) is 1. The number of benzene rings is 1. The molecule has 0 aromatic heterocycles. The molecule has 1 N–H and O–H groups in total. The first-order chi connectivity index (χ1) is 9.03. The maximum Gasteiger partial charge on any atom is 0.243 e. The Bertz CT molecular complexity index is 662. The topological polar surface area (TPSA) is 93.8 Å². The van der Waals surface area contributed by atoms with Crippen LogP contribution < -0.4 is 4.72 Å². The Morgan fingerprint density at radius 3 is 2.37 bits per heavy atom. The van der Waals surface area contributed by atoms with Gasteiger partial charge in [-0.15, -0.1) is 0 Å². The number of nitriles is 2. The zero-order valence-corrected chi connectivity index (χ0v) is 11.1. The Hall–Kier alpha value is -1.89. The zero-order valence-electron chi connectivity index (χ0n) is 10.3. The van der Waals surface area contributed by atoms with E-state index < -0.39 is 15.6 Å². The van der Waals surface area contributed by atoms with Gasteiger partial charge in [0.05, 0.1) is 16.5 Å². The lowest BCUT2D eigenvalue weighted by molar-refractivity contribution is 0.485. The Morgan fingerprint density at radius 1 is 1.16 bits per heavy atom. The molecule has 19 heavy (non-hydrogen) atoms. The van der Waals surface area contributed by atoms with Crippen molar-refractivity contribution in [2.75, 3.05) is 0 Å². The van der Waals surface area contributed by atoms with Crippen molar-refractivity contribution in [1.29, 1.82) is 10.5 Å². The van der Waals surface area contributed by atoms with Gasteiger partial charge in [0, 0.05) is 0 Å². The van der Waals surface area contributed by atoms with Gasteiger partial charge in [-0.05, 0) is 25.0 Å². The molecule has 6 heteroatoms. The average Bonchev–Trinajstić information content (AvgIpc) is 2.87. The standard InChI is InChI=1S/C13H13N3O2S/c14-9-11-5-1-2-6-12(11)19(17,18)16-13(10-15)7-3-4-8-13/h1-2,5-6,16H,3-4,7-8H2. The van der Waals surface area contributed by atoms with Crippen LogP contribution in [0.3, 0.4) is 0 Å². The van der Waals surface area contributed by atoms with Crippen LogP contribution in [0.25, 0.3) is 0 Å². The van der Waals surface area contributed by atoms with Gasteiger partial charge in [-0.1, -0.05) is 25.0 Å². The molecule has 1 aromatic carbocycles. The van der Waals surface area contributed by atoms with Crippen LogP contribution in [0.4, 0.5) is 0 Å². The monoisotopic (exact) mass is 275 g/mol. The molecule has 0 heterocycles. The molecular weight excluding hydrogens is 262 g/mol. The summed E-state index contributed by atoms with van der Waals surface area (Å²) >= 11 is 0. The number of hydrogen-bond acceptors (Lipinski definition) is 4. The molecular formula is C13H13N3O2S. The highest BCUT2D eigenvalue weighted by Gasteiger charge is 2.38. The van der Waals surface area contributed by atoms with Crippen LogP contribution in [0.15, 0.2) is 29.2 Å². The van der Waals surface area contributed by atoms with Crippen molar-refractivity contribution in [2.45, 2.75) is 36.1 Å². The van der Waals surface area contributed by atoms with Crippen LogP contribution >= 0.6 is 0 Å². The summed E-state index contributed by atoms with van der Waals surface area (Å²) in [6, 6.07) is 9.91. The van der Waals surface area contributed by atoms with Gasteiger partial charge >= 0.3 is 0 Å². The predicted molar refractivity (Wildman–Crippen MR) is 68.3 cm³/mol. The van der Waals surface area contributed by atoms with Crippen LogP contribution in [0, 0.1) is 22.7 Å². The Morgan fingerprint density at radius 2 is 1.79 bits per heavy atom. The molecule has 2 rings (SSSR count). The maximum atomic E-state index is 12.3. The summed E-state index contributed by atoms with van der Waals surface area (Å²) in [6.07, 6.45) is 2.68. The summed E-state index contributed by atoms with van der Waals surface area (Å²) < 4.78 is 27.1. The third-order valence-corrected chi connectivity index (χ3v) is 4.89. The van der Waals surface area contributed by atoms with Crippen LogP contribution in [0.2, 0.25) is 0 Å². The summed E-state index contributed by atoms with van der Waals surface area (Å²) in [7, 11) is -3.85. The van der Waals surface area contributed by atoms with E-state index in [1.54, 1.807) is 12.1 Å². The third-order valence-electron chi connectivity index (χ3n) is 3.30. The van der Waals surface area contributed by atoms with Gasteiger partial charge in [-0.2, -0.15) is 15.2 Å². The Kier molecular flexibility index (Phi) is 3.57. The highest BCUT2D eigenvalue weighted by molar-refractivity contribution is 7.89. The lowest BCUT2D eigenvalue weighted by Gasteiger charge is -2.22. The van der Waals surface area contributed by atoms with E-state index in [-0.39, 0.29) is 10.5 Å². The minimum Gasteiger partial charge on any atom is -0.207 e. The fourth-order valence-electron chi connectivity index (χ4n) is 2.32. The van der Waals surface area contributed by atoms with E-state index >= 15 is 0 Å². The van der Waals surface area contributed by atoms with Crippen LogP contribution in [-0.2, 0) is 10.0 Å². The van der Waals surface area contributed by atoms with Crippen molar-refractivity contribution >= 4 is 10.0 Å². The molecule has 0 radical (unpaired) electrons. The second-order valence-electron chi connectivity index (χ2n) is 4.61. The fraction of sp³-hybridized carbons (Fsp3) is 0.385. The van der Waals surface area contributed by atoms with Gasteiger partial charge < -0.3 is 0 Å². The highest BCUT2D eigenvalue weighted by atomic mass is 32.2. The molecule has 5 nitrogen and oxygen atoms in total. The maximum absolute atomic E-state index is 12.3. The van der Waals surface area contributed by atoms with Crippen molar-refractivity contribution in [2.24, 2.45) is 0 Å². The van der Waals surface area contributed by atoms with E-state index in [1.165, 1.54) is 12.1 Å². The predicted octanol–water partition coefficient (Wildman–Crippen LogP) is 1.67. The first kappa shape index (κ1) is 13.5. The fourth-order valence-corrected chi connectivity index (χ4v) is 3.86. The molecule has 98 valence electrons. The molecule has 1 aliphatic rings. The number of nitrogens with zero attached hydrogens (tertiary/aromatic N) is 2. The first-order valence-electron chi connectivity index (χ1n) is 5.97. The molecule has 1 aliphatic carbocycles. The van der Waals surface area contributed by atoms with Gasteiger partial charge in [-0.3, -0.25) is 0 Å².